The third-order valence-corrected chi connectivity index (χ3v) is 3.22. The lowest BCUT2D eigenvalue weighted by atomic mass is 10.1. The summed E-state index contributed by atoms with van der Waals surface area (Å²) in [6.45, 7) is 1.46. The van der Waals surface area contributed by atoms with Crippen molar-refractivity contribution >= 4 is 11.6 Å². The highest BCUT2D eigenvalue weighted by atomic mass is 35.5. The molecule has 0 aromatic heterocycles. The fourth-order valence-electron chi connectivity index (χ4n) is 2.02. The second kappa shape index (κ2) is 8.09. The van der Waals surface area contributed by atoms with E-state index in [0.717, 1.165) is 30.8 Å². The molecule has 102 valence electrons. The first-order valence-electron chi connectivity index (χ1n) is 6.78. The smallest absolute Gasteiger partial charge is 0.135 e. The molecule has 0 aliphatic carbocycles. The van der Waals surface area contributed by atoms with E-state index < -0.39 is 0 Å². The average Bonchev–Trinajstić information content (AvgIpc) is 2.48. The Morgan fingerprint density at radius 3 is 3.00 bits per heavy atom. The van der Waals surface area contributed by atoms with Crippen molar-refractivity contribution in [3.05, 3.63) is 29.8 Å². The maximum Gasteiger partial charge on any atom is 0.135 e. The first-order valence-corrected chi connectivity index (χ1v) is 7.32. The number of benzene rings is 1. The Hall–Kier alpha value is -1.17. The van der Waals surface area contributed by atoms with E-state index >= 15 is 0 Å². The Morgan fingerprint density at radius 2 is 2.21 bits per heavy atom. The van der Waals surface area contributed by atoms with Gasteiger partial charge in [-0.05, 0) is 31.4 Å². The van der Waals surface area contributed by atoms with Crippen molar-refractivity contribution in [1.29, 1.82) is 0 Å². The van der Waals surface area contributed by atoms with Crippen LogP contribution in [0.2, 0.25) is 0 Å². The van der Waals surface area contributed by atoms with Gasteiger partial charge in [0, 0.05) is 18.9 Å². The lowest BCUT2D eigenvalue weighted by Gasteiger charge is -2.22. The number of hydrogen-bond donors (Lipinski definition) is 0. The highest BCUT2D eigenvalue weighted by molar-refractivity contribution is 6.18. The third kappa shape index (κ3) is 4.78. The van der Waals surface area contributed by atoms with Crippen LogP contribution in [0.3, 0.4) is 0 Å². The van der Waals surface area contributed by atoms with Crippen molar-refractivity contribution in [3.8, 4) is 17.6 Å². The molecule has 1 saturated heterocycles. The predicted molar refractivity (Wildman–Crippen MR) is 77.7 cm³/mol. The third-order valence-electron chi connectivity index (χ3n) is 3.03. The van der Waals surface area contributed by atoms with Crippen LogP contribution in [-0.4, -0.2) is 25.2 Å². The molecular weight excluding hydrogens is 260 g/mol. The molecule has 2 nitrogen and oxygen atoms in total. The summed E-state index contributed by atoms with van der Waals surface area (Å²) < 4.78 is 11.5. The standard InChI is InChI=1S/C16H19ClO2/c17-11-5-3-8-14-7-1-2-10-16(14)19-13-15-9-4-6-12-18-15/h1-2,7,10,15H,4-6,9,11-13H2. The fourth-order valence-corrected chi connectivity index (χ4v) is 2.12. The molecular formula is C16H19ClO2. The van der Waals surface area contributed by atoms with Gasteiger partial charge < -0.3 is 9.47 Å². The summed E-state index contributed by atoms with van der Waals surface area (Å²) in [6.07, 6.45) is 4.39. The SMILES string of the molecule is ClCCC#Cc1ccccc1OCC1CCCCO1. The summed E-state index contributed by atoms with van der Waals surface area (Å²) in [4.78, 5) is 0. The Morgan fingerprint density at radius 1 is 1.32 bits per heavy atom. The molecule has 1 aromatic rings. The van der Waals surface area contributed by atoms with E-state index in [1.54, 1.807) is 0 Å². The van der Waals surface area contributed by atoms with Crippen LogP contribution in [0.4, 0.5) is 0 Å². The van der Waals surface area contributed by atoms with Crippen molar-refractivity contribution in [2.45, 2.75) is 31.8 Å². The van der Waals surface area contributed by atoms with E-state index in [4.69, 9.17) is 21.1 Å². The number of ether oxygens (including phenoxy) is 2. The van der Waals surface area contributed by atoms with Crippen molar-refractivity contribution < 1.29 is 9.47 Å². The van der Waals surface area contributed by atoms with Crippen LogP contribution in [0.25, 0.3) is 0 Å². The molecule has 0 saturated carbocycles. The zero-order chi connectivity index (χ0) is 13.3. The van der Waals surface area contributed by atoms with E-state index in [-0.39, 0.29) is 6.10 Å². The molecule has 1 heterocycles. The van der Waals surface area contributed by atoms with Crippen LogP contribution in [0.5, 0.6) is 5.75 Å². The molecule has 19 heavy (non-hydrogen) atoms. The van der Waals surface area contributed by atoms with E-state index in [1.807, 2.05) is 24.3 Å². The summed E-state index contributed by atoms with van der Waals surface area (Å²) in [5, 5.41) is 0. The Kier molecular flexibility index (Phi) is 6.07. The predicted octanol–water partition coefficient (Wildman–Crippen LogP) is 3.61. The summed E-state index contributed by atoms with van der Waals surface area (Å²) in [6, 6.07) is 7.85. The van der Waals surface area contributed by atoms with Gasteiger partial charge in [-0.1, -0.05) is 24.0 Å². The van der Waals surface area contributed by atoms with Gasteiger partial charge in [0.2, 0.25) is 0 Å². The van der Waals surface area contributed by atoms with Crippen LogP contribution in [-0.2, 0) is 4.74 Å². The molecule has 1 aromatic carbocycles. The lowest BCUT2D eigenvalue weighted by molar-refractivity contribution is -0.0111. The van der Waals surface area contributed by atoms with Crippen LogP contribution in [0.1, 0.15) is 31.2 Å². The summed E-state index contributed by atoms with van der Waals surface area (Å²) in [5.74, 6) is 7.53. The number of hydrogen-bond acceptors (Lipinski definition) is 2. The molecule has 0 spiro atoms. The molecule has 2 rings (SSSR count). The summed E-state index contributed by atoms with van der Waals surface area (Å²) >= 11 is 5.62. The zero-order valence-corrected chi connectivity index (χ0v) is 11.8. The zero-order valence-electron chi connectivity index (χ0n) is 11.0. The molecule has 1 atom stereocenters. The van der Waals surface area contributed by atoms with Gasteiger partial charge in [-0.15, -0.1) is 11.6 Å². The van der Waals surface area contributed by atoms with E-state index in [2.05, 4.69) is 11.8 Å². The lowest BCUT2D eigenvalue weighted by Crippen LogP contribution is -2.25. The van der Waals surface area contributed by atoms with E-state index in [0.29, 0.717) is 18.9 Å². The fraction of sp³-hybridized carbons (Fsp3) is 0.500. The Bertz CT molecular complexity index is 442. The van der Waals surface area contributed by atoms with Crippen LogP contribution in [0.15, 0.2) is 24.3 Å². The van der Waals surface area contributed by atoms with E-state index in [9.17, 15) is 0 Å². The molecule has 1 fully saturated rings. The number of halogens is 1. The van der Waals surface area contributed by atoms with Crippen LogP contribution in [0, 0.1) is 11.8 Å². The number of rotatable bonds is 4. The quantitative estimate of drug-likeness (QED) is 0.619. The summed E-state index contributed by atoms with van der Waals surface area (Å²) in [5.41, 5.74) is 0.920. The van der Waals surface area contributed by atoms with Crippen molar-refractivity contribution in [2.75, 3.05) is 19.1 Å². The van der Waals surface area contributed by atoms with Crippen LogP contribution < -0.4 is 4.74 Å². The van der Waals surface area contributed by atoms with Crippen molar-refractivity contribution in [2.24, 2.45) is 0 Å². The molecule has 1 aliphatic rings. The van der Waals surface area contributed by atoms with E-state index in [1.165, 1.54) is 6.42 Å². The van der Waals surface area contributed by atoms with Gasteiger partial charge in [0.25, 0.3) is 0 Å². The molecule has 0 radical (unpaired) electrons. The second-order valence-electron chi connectivity index (χ2n) is 4.54. The maximum atomic E-state index is 5.85. The second-order valence-corrected chi connectivity index (χ2v) is 4.91. The first kappa shape index (κ1) is 14.2. The van der Waals surface area contributed by atoms with Gasteiger partial charge in [-0.25, -0.2) is 0 Å². The maximum absolute atomic E-state index is 5.85. The normalized spacial score (nSPS) is 18.5. The molecule has 1 aliphatic heterocycles. The van der Waals surface area contributed by atoms with Gasteiger partial charge in [-0.3, -0.25) is 0 Å². The molecule has 3 heteroatoms. The molecule has 0 N–H and O–H groups in total. The summed E-state index contributed by atoms with van der Waals surface area (Å²) in [7, 11) is 0. The van der Waals surface area contributed by atoms with Gasteiger partial charge >= 0.3 is 0 Å². The topological polar surface area (TPSA) is 18.5 Å². The van der Waals surface area contributed by atoms with Crippen molar-refractivity contribution in [3.63, 3.8) is 0 Å². The van der Waals surface area contributed by atoms with Crippen molar-refractivity contribution in [1.82, 2.24) is 0 Å². The van der Waals surface area contributed by atoms with Gasteiger partial charge in [0.05, 0.1) is 11.7 Å². The van der Waals surface area contributed by atoms with Gasteiger partial charge in [0.15, 0.2) is 0 Å². The van der Waals surface area contributed by atoms with Gasteiger partial charge in [0.1, 0.15) is 12.4 Å². The minimum Gasteiger partial charge on any atom is -0.490 e. The van der Waals surface area contributed by atoms with Crippen LogP contribution >= 0.6 is 11.6 Å². The average molecular weight is 279 g/mol. The minimum atomic E-state index is 0.220. The first-order chi connectivity index (χ1) is 9.40. The van der Waals surface area contributed by atoms with Gasteiger partial charge in [-0.2, -0.15) is 0 Å². The number of alkyl halides is 1. The number of para-hydroxylation sites is 1. The highest BCUT2D eigenvalue weighted by Gasteiger charge is 2.14. The molecule has 0 amide bonds. The Labute approximate surface area is 120 Å². The monoisotopic (exact) mass is 278 g/mol. The highest BCUT2D eigenvalue weighted by Crippen LogP contribution is 2.19. The largest absolute Gasteiger partial charge is 0.490 e. The minimum absolute atomic E-state index is 0.220. The Balaban J connectivity index is 1.93. The molecule has 0 bridgehead atoms. The molecule has 1 unspecified atom stereocenters.